The predicted molar refractivity (Wildman–Crippen MR) is 82.7 cm³/mol. The minimum atomic E-state index is 0.830. The monoisotopic (exact) mass is 260 g/mol. The Kier molecular flexibility index (Phi) is 4.64. The van der Waals surface area contributed by atoms with E-state index in [-0.39, 0.29) is 0 Å². The largest absolute Gasteiger partial charge is 0.316 e. The number of benzene rings is 1. The zero-order chi connectivity index (χ0) is 14.0. The van der Waals surface area contributed by atoms with Crippen LogP contribution in [0.25, 0.3) is 0 Å². The first-order valence-electron chi connectivity index (χ1n) is 7.44. The highest BCUT2D eigenvalue weighted by Gasteiger charge is 2.17. The Bertz CT molecular complexity index is 419. The van der Waals surface area contributed by atoms with Gasteiger partial charge in [0.15, 0.2) is 0 Å². The van der Waals surface area contributed by atoms with E-state index in [4.69, 9.17) is 0 Å². The maximum absolute atomic E-state index is 3.46. The van der Waals surface area contributed by atoms with E-state index in [0.717, 1.165) is 12.5 Å². The Labute approximate surface area is 118 Å². The van der Waals surface area contributed by atoms with Crippen LogP contribution in [0.2, 0.25) is 0 Å². The van der Waals surface area contributed by atoms with E-state index in [1.54, 1.807) is 0 Å². The summed E-state index contributed by atoms with van der Waals surface area (Å²) in [5, 5.41) is 3.46. The van der Waals surface area contributed by atoms with Gasteiger partial charge in [-0.15, -0.1) is 0 Å². The molecule has 0 aliphatic carbocycles. The predicted octanol–water partition coefficient (Wildman–Crippen LogP) is 2.96. The smallest absolute Gasteiger partial charge is 0.0236 e. The number of nitrogens with zero attached hydrogens (tertiary/aromatic N) is 1. The molecule has 0 spiro atoms. The molecular weight excluding hydrogens is 232 g/mol. The first kappa shape index (κ1) is 14.5. The van der Waals surface area contributed by atoms with Gasteiger partial charge < -0.3 is 10.2 Å². The van der Waals surface area contributed by atoms with Crippen LogP contribution in [0.3, 0.4) is 0 Å². The fraction of sp³-hybridized carbons (Fsp3) is 0.647. The van der Waals surface area contributed by atoms with E-state index in [9.17, 15) is 0 Å². The normalized spacial score (nSPS) is 19.4. The van der Waals surface area contributed by atoms with E-state index >= 15 is 0 Å². The lowest BCUT2D eigenvalue weighted by Gasteiger charge is -2.24. The van der Waals surface area contributed by atoms with Crippen molar-refractivity contribution >= 4 is 0 Å². The van der Waals surface area contributed by atoms with Gasteiger partial charge in [0.25, 0.3) is 0 Å². The van der Waals surface area contributed by atoms with Gasteiger partial charge in [-0.1, -0.05) is 6.07 Å². The summed E-state index contributed by atoms with van der Waals surface area (Å²) in [5.41, 5.74) is 7.33. The molecule has 19 heavy (non-hydrogen) atoms. The molecule has 2 nitrogen and oxygen atoms in total. The Hall–Kier alpha value is -0.860. The minimum absolute atomic E-state index is 0.830. The quantitative estimate of drug-likeness (QED) is 0.895. The second kappa shape index (κ2) is 6.06. The molecule has 0 radical (unpaired) electrons. The summed E-state index contributed by atoms with van der Waals surface area (Å²) in [7, 11) is 2.26. The van der Waals surface area contributed by atoms with Crippen molar-refractivity contribution in [2.75, 3.05) is 26.7 Å². The van der Waals surface area contributed by atoms with Gasteiger partial charge in [-0.2, -0.15) is 0 Å². The number of hydrogen-bond donors (Lipinski definition) is 1. The summed E-state index contributed by atoms with van der Waals surface area (Å²) in [6.45, 7) is 13.7. The van der Waals surface area contributed by atoms with Crippen LogP contribution in [0.4, 0.5) is 0 Å². The van der Waals surface area contributed by atoms with Crippen molar-refractivity contribution in [1.82, 2.24) is 10.2 Å². The van der Waals surface area contributed by atoms with E-state index in [0.29, 0.717) is 0 Å². The van der Waals surface area contributed by atoms with Gasteiger partial charge in [0.1, 0.15) is 0 Å². The summed E-state index contributed by atoms with van der Waals surface area (Å²) >= 11 is 0. The summed E-state index contributed by atoms with van der Waals surface area (Å²) in [6, 6.07) is 2.31. The van der Waals surface area contributed by atoms with Gasteiger partial charge in [0.05, 0.1) is 0 Å². The Morgan fingerprint density at radius 1 is 1.16 bits per heavy atom. The van der Waals surface area contributed by atoms with Crippen molar-refractivity contribution in [3.63, 3.8) is 0 Å². The fourth-order valence-corrected chi connectivity index (χ4v) is 3.18. The molecular formula is C17H28N2. The van der Waals surface area contributed by atoms with Crippen molar-refractivity contribution in [3.05, 3.63) is 33.9 Å². The molecule has 1 N–H and O–H groups in total. The standard InChI is InChI=1S/C17H28N2/c1-12-8-13(2)15(4)17(14(12)3)11-19(5)10-16-6-7-18-9-16/h8,16,18H,6-7,9-11H2,1-5H3. The van der Waals surface area contributed by atoms with Crippen molar-refractivity contribution in [3.8, 4) is 0 Å². The second-order valence-corrected chi connectivity index (χ2v) is 6.29. The Morgan fingerprint density at radius 3 is 2.32 bits per heavy atom. The summed E-state index contributed by atoms with van der Waals surface area (Å²) in [4.78, 5) is 2.49. The van der Waals surface area contributed by atoms with Crippen LogP contribution in [-0.4, -0.2) is 31.6 Å². The van der Waals surface area contributed by atoms with Gasteiger partial charge >= 0.3 is 0 Å². The topological polar surface area (TPSA) is 15.3 Å². The lowest BCUT2D eigenvalue weighted by atomic mass is 9.94. The SMILES string of the molecule is Cc1cc(C)c(C)c(CN(C)CC2CCNC2)c1C. The highest BCUT2D eigenvalue weighted by Crippen LogP contribution is 2.23. The lowest BCUT2D eigenvalue weighted by molar-refractivity contribution is 0.277. The van der Waals surface area contributed by atoms with Gasteiger partial charge in [-0.25, -0.2) is 0 Å². The van der Waals surface area contributed by atoms with E-state index < -0.39 is 0 Å². The van der Waals surface area contributed by atoms with Gasteiger partial charge in [0, 0.05) is 13.1 Å². The molecule has 1 saturated heterocycles. The van der Waals surface area contributed by atoms with Crippen LogP contribution in [-0.2, 0) is 6.54 Å². The molecule has 2 rings (SSSR count). The van der Waals surface area contributed by atoms with Crippen LogP contribution in [0.1, 0.15) is 34.2 Å². The summed E-state index contributed by atoms with van der Waals surface area (Å²) in [5.74, 6) is 0.830. The maximum Gasteiger partial charge on any atom is 0.0236 e. The van der Waals surface area contributed by atoms with Crippen molar-refractivity contribution in [1.29, 1.82) is 0 Å². The Morgan fingerprint density at radius 2 is 1.79 bits per heavy atom. The molecule has 2 heteroatoms. The molecule has 0 aromatic heterocycles. The van der Waals surface area contributed by atoms with E-state index in [2.05, 4.69) is 51.0 Å². The number of hydrogen-bond acceptors (Lipinski definition) is 2. The first-order valence-corrected chi connectivity index (χ1v) is 7.44. The van der Waals surface area contributed by atoms with Crippen molar-refractivity contribution < 1.29 is 0 Å². The van der Waals surface area contributed by atoms with Crippen LogP contribution < -0.4 is 5.32 Å². The van der Waals surface area contributed by atoms with Crippen LogP contribution >= 0.6 is 0 Å². The van der Waals surface area contributed by atoms with Gasteiger partial charge in [0.2, 0.25) is 0 Å². The molecule has 1 fully saturated rings. The first-order chi connectivity index (χ1) is 8.99. The molecule has 0 saturated carbocycles. The maximum atomic E-state index is 3.46. The Balaban J connectivity index is 2.09. The molecule has 0 bridgehead atoms. The number of nitrogens with one attached hydrogen (secondary N) is 1. The molecule has 1 unspecified atom stereocenters. The van der Waals surface area contributed by atoms with Crippen LogP contribution in [0.15, 0.2) is 6.07 Å². The number of rotatable bonds is 4. The number of aryl methyl sites for hydroxylation is 2. The van der Waals surface area contributed by atoms with Crippen LogP contribution in [0, 0.1) is 33.6 Å². The third-order valence-electron chi connectivity index (χ3n) is 4.68. The fourth-order valence-electron chi connectivity index (χ4n) is 3.18. The molecule has 1 aromatic rings. The van der Waals surface area contributed by atoms with Gasteiger partial charge in [-0.05, 0) is 88.0 Å². The van der Waals surface area contributed by atoms with Crippen LogP contribution in [0.5, 0.6) is 0 Å². The molecule has 1 heterocycles. The molecule has 106 valence electrons. The summed E-state index contributed by atoms with van der Waals surface area (Å²) in [6.07, 6.45) is 1.33. The lowest BCUT2D eigenvalue weighted by Crippen LogP contribution is -2.27. The third kappa shape index (κ3) is 3.37. The summed E-state index contributed by atoms with van der Waals surface area (Å²) < 4.78 is 0. The van der Waals surface area contributed by atoms with Crippen molar-refractivity contribution in [2.24, 2.45) is 5.92 Å². The highest BCUT2D eigenvalue weighted by molar-refractivity contribution is 5.43. The highest BCUT2D eigenvalue weighted by atomic mass is 15.1. The average molecular weight is 260 g/mol. The zero-order valence-corrected chi connectivity index (χ0v) is 13.1. The zero-order valence-electron chi connectivity index (χ0n) is 13.1. The average Bonchev–Trinajstić information content (AvgIpc) is 2.85. The van der Waals surface area contributed by atoms with Gasteiger partial charge in [-0.3, -0.25) is 0 Å². The molecule has 0 amide bonds. The molecule has 1 atom stereocenters. The molecule has 1 aliphatic rings. The minimum Gasteiger partial charge on any atom is -0.316 e. The second-order valence-electron chi connectivity index (χ2n) is 6.29. The van der Waals surface area contributed by atoms with E-state index in [1.165, 1.54) is 53.9 Å². The third-order valence-corrected chi connectivity index (χ3v) is 4.68. The van der Waals surface area contributed by atoms with E-state index in [1.807, 2.05) is 0 Å². The molecule has 1 aromatic carbocycles. The van der Waals surface area contributed by atoms with Crippen molar-refractivity contribution in [2.45, 2.75) is 40.7 Å². The molecule has 1 aliphatic heterocycles.